The predicted molar refractivity (Wildman–Crippen MR) is 69.2 cm³/mol. The Kier molecular flexibility index (Phi) is 3.90. The number of hydrogen-bond donors (Lipinski definition) is 1. The molecule has 0 bridgehead atoms. The van der Waals surface area contributed by atoms with Crippen LogP contribution >= 0.6 is 23.5 Å². The van der Waals surface area contributed by atoms with Crippen molar-refractivity contribution in [3.05, 3.63) is 35.9 Å². The molecule has 1 aliphatic heterocycles. The second-order valence-electron chi connectivity index (χ2n) is 3.24. The summed E-state index contributed by atoms with van der Waals surface area (Å²) in [6.07, 6.45) is 0. The van der Waals surface area contributed by atoms with E-state index >= 15 is 0 Å². The lowest BCUT2D eigenvalue weighted by molar-refractivity contribution is -0.136. The van der Waals surface area contributed by atoms with Crippen LogP contribution < -0.4 is 0 Å². The molecule has 0 saturated carbocycles. The maximum atomic E-state index is 11.2. The van der Waals surface area contributed by atoms with Gasteiger partial charge in [0.15, 0.2) is 0 Å². The third kappa shape index (κ3) is 2.80. The number of rotatable bonds is 3. The summed E-state index contributed by atoms with van der Waals surface area (Å²) in [5, 5.41) is 8.65. The van der Waals surface area contributed by atoms with Crippen molar-refractivity contribution in [2.45, 2.75) is 5.25 Å². The fraction of sp³-hybridized carbons (Fsp3) is 0.273. The van der Waals surface area contributed by atoms with Crippen molar-refractivity contribution in [1.82, 2.24) is 0 Å². The van der Waals surface area contributed by atoms with Gasteiger partial charge in [0.25, 0.3) is 0 Å². The summed E-state index contributed by atoms with van der Waals surface area (Å²) < 4.78 is 0.885. The molecule has 1 aliphatic rings. The van der Waals surface area contributed by atoms with Gasteiger partial charge in [0.1, 0.15) is 9.63 Å². The molecule has 1 aromatic rings. The van der Waals surface area contributed by atoms with E-state index in [0.29, 0.717) is 0 Å². The van der Waals surface area contributed by atoms with E-state index in [4.69, 9.17) is 0 Å². The van der Waals surface area contributed by atoms with Crippen molar-refractivity contribution < 1.29 is 9.90 Å². The lowest BCUT2D eigenvalue weighted by atomic mass is 10.1. The first-order valence-electron chi connectivity index (χ1n) is 4.89. The van der Waals surface area contributed by atoms with Gasteiger partial charge in [0.05, 0.1) is 6.54 Å². The molecule has 3 nitrogen and oxygen atoms in total. The minimum atomic E-state index is -0.814. The maximum Gasteiger partial charge on any atom is 0.321 e. The summed E-state index contributed by atoms with van der Waals surface area (Å²) >= 11 is 2.96. The van der Waals surface area contributed by atoms with Gasteiger partial charge in [-0.1, -0.05) is 53.9 Å². The number of hydrogen-bond acceptors (Lipinski definition) is 4. The highest BCUT2D eigenvalue weighted by Crippen LogP contribution is 2.35. The minimum absolute atomic E-state index is 0.550. The zero-order valence-corrected chi connectivity index (χ0v) is 10.1. The van der Waals surface area contributed by atoms with Crippen LogP contribution in [0.4, 0.5) is 0 Å². The molecule has 2 rings (SSSR count). The Hall–Kier alpha value is -0.940. The second kappa shape index (κ2) is 5.41. The summed E-state index contributed by atoms with van der Waals surface area (Å²) in [7, 11) is 0. The number of carboxylic acid groups (broad SMARTS) is 1. The molecular formula is C11H11NO2S2. The normalized spacial score (nSPS) is 16.9. The zero-order chi connectivity index (χ0) is 11.4. The molecule has 5 heteroatoms. The van der Waals surface area contributed by atoms with Crippen LogP contribution in [-0.2, 0) is 4.79 Å². The van der Waals surface area contributed by atoms with E-state index in [1.807, 2.05) is 30.3 Å². The van der Waals surface area contributed by atoms with Crippen molar-refractivity contribution >= 4 is 33.9 Å². The molecule has 0 aromatic heterocycles. The standard InChI is InChI=1S/C11H11NO2S2/c13-10(14)9(8-4-2-1-3-5-8)16-11-12-6-7-15-11/h1-5,9H,6-7H2,(H,13,14)/t9-/m0/s1. The van der Waals surface area contributed by atoms with Gasteiger partial charge in [0.2, 0.25) is 0 Å². The maximum absolute atomic E-state index is 11.2. The first kappa shape index (κ1) is 11.5. The Labute approximate surface area is 102 Å². The van der Waals surface area contributed by atoms with Crippen LogP contribution in [0.2, 0.25) is 0 Å². The SMILES string of the molecule is O=C(O)[C@@H](SC1=NCCS1)c1ccccc1. The van der Waals surface area contributed by atoms with Crippen LogP contribution in [0.5, 0.6) is 0 Å². The van der Waals surface area contributed by atoms with Gasteiger partial charge in [-0.05, 0) is 5.56 Å². The molecule has 1 atom stereocenters. The smallest absolute Gasteiger partial charge is 0.321 e. The van der Waals surface area contributed by atoms with E-state index in [9.17, 15) is 9.90 Å². The van der Waals surface area contributed by atoms with Gasteiger partial charge in [0, 0.05) is 5.75 Å². The number of nitrogens with zero attached hydrogens (tertiary/aromatic N) is 1. The lowest BCUT2D eigenvalue weighted by Crippen LogP contribution is -2.09. The van der Waals surface area contributed by atoms with Gasteiger partial charge in [-0.2, -0.15) is 0 Å². The third-order valence-electron chi connectivity index (χ3n) is 2.10. The summed E-state index contributed by atoms with van der Waals surface area (Å²) in [5.74, 6) is 0.148. The largest absolute Gasteiger partial charge is 0.480 e. The van der Waals surface area contributed by atoms with Gasteiger partial charge in [-0.3, -0.25) is 9.79 Å². The third-order valence-corrected chi connectivity index (χ3v) is 4.55. The summed E-state index contributed by atoms with van der Waals surface area (Å²) in [6, 6.07) is 9.28. The fourth-order valence-corrected chi connectivity index (χ4v) is 3.49. The quantitative estimate of drug-likeness (QED) is 0.899. The van der Waals surface area contributed by atoms with Crippen molar-refractivity contribution in [3.63, 3.8) is 0 Å². The van der Waals surface area contributed by atoms with Crippen LogP contribution in [-0.4, -0.2) is 27.7 Å². The van der Waals surface area contributed by atoms with Crippen LogP contribution in [0.3, 0.4) is 0 Å². The molecule has 0 saturated heterocycles. The molecule has 1 heterocycles. The Morgan fingerprint density at radius 2 is 2.19 bits per heavy atom. The van der Waals surface area contributed by atoms with Crippen molar-refractivity contribution in [2.24, 2.45) is 4.99 Å². The van der Waals surface area contributed by atoms with Crippen LogP contribution in [0.25, 0.3) is 0 Å². The van der Waals surface area contributed by atoms with E-state index in [1.165, 1.54) is 11.8 Å². The van der Waals surface area contributed by atoms with Gasteiger partial charge < -0.3 is 5.11 Å². The summed E-state index contributed by atoms with van der Waals surface area (Å²) in [6.45, 7) is 0.800. The first-order chi connectivity index (χ1) is 7.77. The van der Waals surface area contributed by atoms with Crippen LogP contribution in [0.15, 0.2) is 35.3 Å². The van der Waals surface area contributed by atoms with Gasteiger partial charge in [-0.15, -0.1) is 0 Å². The Morgan fingerprint density at radius 3 is 2.75 bits per heavy atom. The van der Waals surface area contributed by atoms with Crippen LogP contribution in [0, 0.1) is 0 Å². The van der Waals surface area contributed by atoms with E-state index < -0.39 is 11.2 Å². The molecule has 0 spiro atoms. The highest BCUT2D eigenvalue weighted by atomic mass is 32.2. The molecule has 0 fully saturated rings. The summed E-state index contributed by atoms with van der Waals surface area (Å²) in [4.78, 5) is 15.5. The molecule has 0 radical (unpaired) electrons. The number of thioether (sulfide) groups is 2. The number of aliphatic imine (C=N–C) groups is 1. The molecule has 1 N–H and O–H groups in total. The van der Waals surface area contributed by atoms with E-state index in [0.717, 1.165) is 22.2 Å². The molecule has 84 valence electrons. The Balaban J connectivity index is 2.14. The molecular weight excluding hydrogens is 242 g/mol. The molecule has 1 aromatic carbocycles. The molecule has 16 heavy (non-hydrogen) atoms. The predicted octanol–water partition coefficient (Wildman–Crippen LogP) is 2.65. The van der Waals surface area contributed by atoms with E-state index in [1.54, 1.807) is 11.8 Å². The number of aliphatic carboxylic acids is 1. The highest BCUT2D eigenvalue weighted by Gasteiger charge is 2.24. The lowest BCUT2D eigenvalue weighted by Gasteiger charge is -2.11. The average molecular weight is 253 g/mol. The monoisotopic (exact) mass is 253 g/mol. The molecule has 0 amide bonds. The molecule has 0 unspecified atom stereocenters. The van der Waals surface area contributed by atoms with Crippen molar-refractivity contribution in [1.29, 1.82) is 0 Å². The first-order valence-corrected chi connectivity index (χ1v) is 6.75. The van der Waals surface area contributed by atoms with Crippen molar-refractivity contribution in [3.8, 4) is 0 Å². The average Bonchev–Trinajstić information content (AvgIpc) is 2.79. The Morgan fingerprint density at radius 1 is 1.44 bits per heavy atom. The van der Waals surface area contributed by atoms with Crippen molar-refractivity contribution in [2.75, 3.05) is 12.3 Å². The fourth-order valence-electron chi connectivity index (χ4n) is 1.38. The second-order valence-corrected chi connectivity index (χ2v) is 5.68. The van der Waals surface area contributed by atoms with E-state index in [-0.39, 0.29) is 0 Å². The van der Waals surface area contributed by atoms with Crippen LogP contribution in [0.1, 0.15) is 10.8 Å². The Bertz CT molecular complexity index is 406. The topological polar surface area (TPSA) is 49.7 Å². The minimum Gasteiger partial charge on any atom is -0.480 e. The number of carboxylic acids is 1. The zero-order valence-electron chi connectivity index (χ0n) is 8.50. The van der Waals surface area contributed by atoms with E-state index in [2.05, 4.69) is 4.99 Å². The van der Waals surface area contributed by atoms with Gasteiger partial charge in [-0.25, -0.2) is 0 Å². The van der Waals surface area contributed by atoms with Gasteiger partial charge >= 0.3 is 5.97 Å². The number of carbonyl (C=O) groups is 1. The highest BCUT2D eigenvalue weighted by molar-refractivity contribution is 8.39. The molecule has 0 aliphatic carbocycles. The number of benzene rings is 1. The summed E-state index contributed by atoms with van der Waals surface area (Å²) in [5.41, 5.74) is 0.815.